The number of ether oxygens (including phenoxy) is 1. The molecule has 1 aromatic carbocycles. The number of likely N-dealkylation sites (tertiary alicyclic amines) is 1. The Labute approximate surface area is 115 Å². The summed E-state index contributed by atoms with van der Waals surface area (Å²) in [5.74, 6) is 0. The standard InChI is InChI=1S/C15H21NOS/c1-2-14(13-9-5-3-6-10-13)17-15(18)16-11-7-4-8-12-16/h3,5-6,9-10,14H,2,4,7-8,11-12H2,1H3. The van der Waals surface area contributed by atoms with Crippen molar-refractivity contribution in [3.05, 3.63) is 35.9 Å². The first-order valence-electron chi connectivity index (χ1n) is 6.81. The van der Waals surface area contributed by atoms with Gasteiger partial charge in [-0.1, -0.05) is 37.3 Å². The zero-order valence-electron chi connectivity index (χ0n) is 11.0. The number of benzene rings is 1. The van der Waals surface area contributed by atoms with E-state index in [-0.39, 0.29) is 6.10 Å². The molecule has 0 bridgehead atoms. The molecule has 1 aromatic rings. The summed E-state index contributed by atoms with van der Waals surface area (Å²) in [5.41, 5.74) is 1.21. The molecule has 1 unspecified atom stereocenters. The number of hydrogen-bond acceptors (Lipinski definition) is 2. The maximum absolute atomic E-state index is 5.98. The Hall–Kier alpha value is -1.09. The van der Waals surface area contributed by atoms with E-state index >= 15 is 0 Å². The number of thiocarbonyl (C=S) groups is 1. The van der Waals surface area contributed by atoms with Crippen molar-refractivity contribution in [3.8, 4) is 0 Å². The first-order chi connectivity index (χ1) is 8.81. The van der Waals surface area contributed by atoms with Crippen molar-refractivity contribution in [2.45, 2.75) is 38.7 Å². The zero-order chi connectivity index (χ0) is 12.8. The van der Waals surface area contributed by atoms with E-state index < -0.39 is 0 Å². The molecule has 1 saturated heterocycles. The average Bonchev–Trinajstić information content (AvgIpc) is 2.46. The van der Waals surface area contributed by atoms with Crippen molar-refractivity contribution >= 4 is 17.4 Å². The fourth-order valence-electron chi connectivity index (χ4n) is 2.33. The van der Waals surface area contributed by atoms with Crippen molar-refractivity contribution < 1.29 is 4.74 Å². The molecule has 1 heterocycles. The van der Waals surface area contributed by atoms with Crippen LogP contribution in [0, 0.1) is 0 Å². The summed E-state index contributed by atoms with van der Waals surface area (Å²) in [5, 5.41) is 0.672. The van der Waals surface area contributed by atoms with Gasteiger partial charge in [0.05, 0.1) is 0 Å². The topological polar surface area (TPSA) is 12.5 Å². The van der Waals surface area contributed by atoms with Gasteiger partial charge >= 0.3 is 0 Å². The highest BCUT2D eigenvalue weighted by atomic mass is 32.1. The third-order valence-electron chi connectivity index (χ3n) is 3.40. The van der Waals surface area contributed by atoms with Gasteiger partial charge in [-0.3, -0.25) is 0 Å². The molecule has 98 valence electrons. The Bertz CT molecular complexity index is 373. The van der Waals surface area contributed by atoms with Gasteiger partial charge in [-0.2, -0.15) is 0 Å². The van der Waals surface area contributed by atoms with Crippen LogP contribution in [0.1, 0.15) is 44.3 Å². The Morgan fingerprint density at radius 3 is 2.50 bits per heavy atom. The van der Waals surface area contributed by atoms with Crippen LogP contribution in [0.25, 0.3) is 0 Å². The van der Waals surface area contributed by atoms with Crippen LogP contribution in [-0.4, -0.2) is 23.2 Å². The van der Waals surface area contributed by atoms with Gasteiger partial charge in [0.2, 0.25) is 0 Å². The highest BCUT2D eigenvalue weighted by molar-refractivity contribution is 7.80. The lowest BCUT2D eigenvalue weighted by molar-refractivity contribution is 0.147. The predicted molar refractivity (Wildman–Crippen MR) is 78.6 cm³/mol. The summed E-state index contributed by atoms with van der Waals surface area (Å²) < 4.78 is 5.98. The van der Waals surface area contributed by atoms with Gasteiger partial charge in [-0.05, 0) is 43.5 Å². The lowest BCUT2D eigenvalue weighted by Gasteiger charge is -2.30. The Morgan fingerprint density at radius 1 is 1.22 bits per heavy atom. The first kappa shape index (κ1) is 13.3. The van der Waals surface area contributed by atoms with Crippen molar-refractivity contribution in [3.63, 3.8) is 0 Å². The van der Waals surface area contributed by atoms with Crippen molar-refractivity contribution in [2.75, 3.05) is 13.1 Å². The second-order valence-electron chi connectivity index (χ2n) is 4.74. The average molecular weight is 263 g/mol. The largest absolute Gasteiger partial charge is 0.463 e. The van der Waals surface area contributed by atoms with E-state index in [4.69, 9.17) is 17.0 Å². The van der Waals surface area contributed by atoms with Crippen LogP contribution < -0.4 is 0 Å². The van der Waals surface area contributed by atoms with Crippen LogP contribution in [0.2, 0.25) is 0 Å². The molecule has 0 aliphatic carbocycles. The van der Waals surface area contributed by atoms with Gasteiger partial charge in [0.15, 0.2) is 0 Å². The van der Waals surface area contributed by atoms with E-state index in [1.807, 2.05) is 18.2 Å². The van der Waals surface area contributed by atoms with E-state index in [1.165, 1.54) is 24.8 Å². The maximum atomic E-state index is 5.98. The fraction of sp³-hybridized carbons (Fsp3) is 0.533. The van der Waals surface area contributed by atoms with Gasteiger partial charge in [0, 0.05) is 13.1 Å². The summed E-state index contributed by atoms with van der Waals surface area (Å²) in [7, 11) is 0. The molecule has 0 spiro atoms. The minimum absolute atomic E-state index is 0.0839. The summed E-state index contributed by atoms with van der Waals surface area (Å²) >= 11 is 5.42. The molecule has 2 nitrogen and oxygen atoms in total. The normalized spacial score (nSPS) is 17.3. The molecule has 1 aliphatic rings. The first-order valence-corrected chi connectivity index (χ1v) is 7.22. The number of hydrogen-bond donors (Lipinski definition) is 0. The third-order valence-corrected chi connectivity index (χ3v) is 3.75. The summed E-state index contributed by atoms with van der Waals surface area (Å²) in [4.78, 5) is 2.20. The molecule has 0 radical (unpaired) electrons. The Kier molecular flexibility index (Phi) is 5.00. The second kappa shape index (κ2) is 6.74. The SMILES string of the molecule is CCC(OC(=S)N1CCCCC1)c1ccccc1. The summed E-state index contributed by atoms with van der Waals surface area (Å²) in [6.45, 7) is 4.23. The minimum atomic E-state index is 0.0839. The molecule has 1 aliphatic heterocycles. The van der Waals surface area contributed by atoms with Crippen LogP contribution >= 0.6 is 12.2 Å². The molecule has 0 N–H and O–H groups in total. The van der Waals surface area contributed by atoms with E-state index in [0.717, 1.165) is 19.5 Å². The molecule has 1 atom stereocenters. The van der Waals surface area contributed by atoms with Crippen LogP contribution in [0.5, 0.6) is 0 Å². The molecule has 2 rings (SSSR count). The molecule has 0 amide bonds. The quantitative estimate of drug-likeness (QED) is 0.767. The van der Waals surface area contributed by atoms with Crippen LogP contribution in [0.4, 0.5) is 0 Å². The number of nitrogens with zero attached hydrogens (tertiary/aromatic N) is 1. The number of rotatable bonds is 3. The highest BCUT2D eigenvalue weighted by Crippen LogP contribution is 2.22. The molecule has 3 heteroatoms. The molecule has 0 saturated carbocycles. The lowest BCUT2D eigenvalue weighted by Crippen LogP contribution is -2.36. The van der Waals surface area contributed by atoms with Crippen LogP contribution in [-0.2, 0) is 4.74 Å². The van der Waals surface area contributed by atoms with Gasteiger partial charge in [0.25, 0.3) is 5.17 Å². The van der Waals surface area contributed by atoms with Crippen molar-refractivity contribution in [2.24, 2.45) is 0 Å². The third kappa shape index (κ3) is 3.45. The second-order valence-corrected chi connectivity index (χ2v) is 5.09. The summed E-state index contributed by atoms with van der Waals surface area (Å²) in [6.07, 6.45) is 4.80. The molecular formula is C15H21NOS. The fourth-order valence-corrected chi connectivity index (χ4v) is 2.63. The molecular weight excluding hydrogens is 242 g/mol. The Balaban J connectivity index is 1.95. The van der Waals surface area contributed by atoms with Crippen molar-refractivity contribution in [1.29, 1.82) is 0 Å². The Morgan fingerprint density at radius 2 is 1.89 bits per heavy atom. The van der Waals surface area contributed by atoms with Crippen LogP contribution in [0.15, 0.2) is 30.3 Å². The molecule has 1 fully saturated rings. The smallest absolute Gasteiger partial charge is 0.259 e. The monoisotopic (exact) mass is 263 g/mol. The molecule has 18 heavy (non-hydrogen) atoms. The zero-order valence-corrected chi connectivity index (χ0v) is 11.8. The predicted octanol–water partition coefficient (Wildman–Crippen LogP) is 3.93. The maximum Gasteiger partial charge on any atom is 0.259 e. The lowest BCUT2D eigenvalue weighted by atomic mass is 10.1. The van der Waals surface area contributed by atoms with E-state index in [1.54, 1.807) is 0 Å². The van der Waals surface area contributed by atoms with Crippen molar-refractivity contribution in [1.82, 2.24) is 4.90 Å². The minimum Gasteiger partial charge on any atom is -0.463 e. The summed E-state index contributed by atoms with van der Waals surface area (Å²) in [6, 6.07) is 10.3. The number of piperidine rings is 1. The molecule has 0 aromatic heterocycles. The van der Waals surface area contributed by atoms with Gasteiger partial charge in [0.1, 0.15) is 6.10 Å². The van der Waals surface area contributed by atoms with E-state index in [9.17, 15) is 0 Å². The van der Waals surface area contributed by atoms with Gasteiger partial charge in [-0.25, -0.2) is 0 Å². The van der Waals surface area contributed by atoms with E-state index in [0.29, 0.717) is 5.17 Å². The van der Waals surface area contributed by atoms with Crippen LogP contribution in [0.3, 0.4) is 0 Å². The van der Waals surface area contributed by atoms with E-state index in [2.05, 4.69) is 24.0 Å². The van der Waals surface area contributed by atoms with Gasteiger partial charge in [-0.15, -0.1) is 0 Å². The van der Waals surface area contributed by atoms with Gasteiger partial charge < -0.3 is 9.64 Å². The highest BCUT2D eigenvalue weighted by Gasteiger charge is 2.18.